The molecule has 2 aliphatic rings. The maximum Gasteiger partial charge on any atom is 0.321 e. The Kier molecular flexibility index (Phi) is 9.00. The van der Waals surface area contributed by atoms with Crippen molar-refractivity contribution < 1.29 is 9.59 Å². The second kappa shape index (κ2) is 12.7. The molecule has 1 aromatic carbocycles. The molecule has 2 aromatic heterocycles. The van der Waals surface area contributed by atoms with Gasteiger partial charge in [-0.1, -0.05) is 41.9 Å². The predicted molar refractivity (Wildman–Crippen MR) is 162 cm³/mol. The molecule has 2 aliphatic heterocycles. The number of carbonyl (C=O) groups is 2. The van der Waals surface area contributed by atoms with Crippen LogP contribution >= 0.6 is 11.6 Å². The van der Waals surface area contributed by atoms with E-state index in [0.717, 1.165) is 43.6 Å². The van der Waals surface area contributed by atoms with E-state index < -0.39 is 0 Å². The molecule has 1 N–H and O–H groups in total. The first-order valence-corrected chi connectivity index (χ1v) is 15.0. The second-order valence-corrected chi connectivity index (χ2v) is 11.9. The van der Waals surface area contributed by atoms with Gasteiger partial charge in [0.25, 0.3) is 5.91 Å². The Bertz CT molecular complexity index is 1340. The lowest BCUT2D eigenvalue weighted by Crippen LogP contribution is -2.49. The zero-order valence-corrected chi connectivity index (χ0v) is 25.3. The Hall–Kier alpha value is -3.36. The Morgan fingerprint density at radius 2 is 1.85 bits per heavy atom. The summed E-state index contributed by atoms with van der Waals surface area (Å²) in [7, 11) is 2.03. The number of halogens is 1. The van der Waals surface area contributed by atoms with E-state index in [0.29, 0.717) is 42.1 Å². The van der Waals surface area contributed by atoms with E-state index in [1.54, 1.807) is 6.07 Å². The zero-order chi connectivity index (χ0) is 29.1. The number of hydrogen-bond donors (Lipinski definition) is 1. The van der Waals surface area contributed by atoms with Gasteiger partial charge in [0.05, 0.1) is 23.8 Å². The largest absolute Gasteiger partial charge is 0.353 e. The standard InChI is InChI=1S/C32H41ClN6O2/c1-22-19-29(33)35-24(3)30(22)31(40)34-15-12-23(2)37-17-13-26(14-18-37)39-28(25-9-6-5-7-10-25)21-38(32(39)41)20-27-11-8-16-36(27)4/h5-11,16,19,23,26,28H,12-15,17-18,20-21H2,1-4H3,(H,34,40)/t23?,28-/m0/s1. The Morgan fingerprint density at radius 1 is 1.12 bits per heavy atom. The minimum atomic E-state index is -0.102. The van der Waals surface area contributed by atoms with Gasteiger partial charge in [-0.3, -0.25) is 4.79 Å². The van der Waals surface area contributed by atoms with Crippen molar-refractivity contribution in [3.8, 4) is 0 Å². The quantitative estimate of drug-likeness (QED) is 0.349. The number of likely N-dealkylation sites (tertiary alicyclic amines) is 1. The summed E-state index contributed by atoms with van der Waals surface area (Å²) in [6, 6.07) is 17.0. The molecule has 218 valence electrons. The maximum atomic E-state index is 13.8. The van der Waals surface area contributed by atoms with Crippen LogP contribution in [0.15, 0.2) is 54.7 Å². The number of carbonyl (C=O) groups excluding carboxylic acids is 2. The summed E-state index contributed by atoms with van der Waals surface area (Å²) in [5, 5.41) is 3.48. The number of aromatic nitrogens is 2. The third-order valence-electron chi connectivity index (χ3n) is 8.77. The molecule has 2 atom stereocenters. The van der Waals surface area contributed by atoms with Gasteiger partial charge in [0.2, 0.25) is 0 Å². The van der Waals surface area contributed by atoms with Crippen molar-refractivity contribution >= 4 is 23.5 Å². The number of benzene rings is 1. The van der Waals surface area contributed by atoms with Gasteiger partial charge in [0.15, 0.2) is 0 Å². The molecule has 4 heterocycles. The lowest BCUT2D eigenvalue weighted by Gasteiger charge is -2.41. The van der Waals surface area contributed by atoms with Gasteiger partial charge in [-0.05, 0) is 69.4 Å². The molecule has 2 fully saturated rings. The lowest BCUT2D eigenvalue weighted by atomic mass is 9.98. The second-order valence-electron chi connectivity index (χ2n) is 11.5. The zero-order valence-electron chi connectivity index (χ0n) is 24.5. The smallest absolute Gasteiger partial charge is 0.321 e. The van der Waals surface area contributed by atoms with E-state index in [9.17, 15) is 9.59 Å². The van der Waals surface area contributed by atoms with Crippen LogP contribution in [0.25, 0.3) is 0 Å². The van der Waals surface area contributed by atoms with Crippen molar-refractivity contribution in [1.82, 2.24) is 29.6 Å². The van der Waals surface area contributed by atoms with Gasteiger partial charge < -0.3 is 24.6 Å². The highest BCUT2D eigenvalue weighted by atomic mass is 35.5. The highest BCUT2D eigenvalue weighted by Gasteiger charge is 2.43. The molecule has 0 aliphatic carbocycles. The first-order chi connectivity index (χ1) is 19.7. The average molecular weight is 577 g/mol. The summed E-state index contributed by atoms with van der Waals surface area (Å²) < 4.78 is 2.09. The van der Waals surface area contributed by atoms with Gasteiger partial charge in [0, 0.05) is 57.2 Å². The molecule has 41 heavy (non-hydrogen) atoms. The SMILES string of the molecule is Cc1cc(Cl)nc(C)c1C(=O)NCCC(C)N1CCC(N2C(=O)N(Cc3cccn3C)C[C@H]2c2ccccc2)CC1. The monoisotopic (exact) mass is 576 g/mol. The number of amides is 3. The molecule has 0 saturated carbocycles. The van der Waals surface area contributed by atoms with E-state index in [1.165, 1.54) is 5.56 Å². The normalized spacial score (nSPS) is 19.1. The molecule has 1 unspecified atom stereocenters. The van der Waals surface area contributed by atoms with Gasteiger partial charge in [-0.15, -0.1) is 0 Å². The molecule has 3 amide bonds. The summed E-state index contributed by atoms with van der Waals surface area (Å²) in [5.74, 6) is -0.102. The van der Waals surface area contributed by atoms with Gasteiger partial charge in [0.1, 0.15) is 5.15 Å². The minimum absolute atomic E-state index is 0.0578. The van der Waals surface area contributed by atoms with Gasteiger partial charge in [-0.2, -0.15) is 0 Å². The molecule has 5 rings (SSSR count). The fraction of sp³-hybridized carbons (Fsp3) is 0.469. The number of nitrogens with zero attached hydrogens (tertiary/aromatic N) is 5. The van der Waals surface area contributed by atoms with Crippen molar-refractivity contribution in [2.24, 2.45) is 7.05 Å². The van der Waals surface area contributed by atoms with Crippen LogP contribution in [0.4, 0.5) is 4.79 Å². The van der Waals surface area contributed by atoms with Crippen LogP contribution in [0, 0.1) is 13.8 Å². The molecular formula is C32H41ClN6O2. The van der Waals surface area contributed by atoms with Crippen molar-refractivity contribution in [3.05, 3.63) is 88.0 Å². The molecule has 0 spiro atoms. The molecule has 8 nitrogen and oxygen atoms in total. The third kappa shape index (κ3) is 6.44. The fourth-order valence-electron chi connectivity index (χ4n) is 6.41. The number of urea groups is 1. The lowest BCUT2D eigenvalue weighted by molar-refractivity contribution is 0.0886. The third-order valence-corrected chi connectivity index (χ3v) is 8.96. The Labute approximate surface area is 248 Å². The molecule has 3 aromatic rings. The number of nitrogens with one attached hydrogen (secondary N) is 1. The highest BCUT2D eigenvalue weighted by Crippen LogP contribution is 2.35. The van der Waals surface area contributed by atoms with E-state index in [-0.39, 0.29) is 24.0 Å². The molecule has 0 bridgehead atoms. The van der Waals surface area contributed by atoms with Crippen LogP contribution in [-0.2, 0) is 13.6 Å². The topological polar surface area (TPSA) is 73.7 Å². The molecule has 9 heteroatoms. The number of pyridine rings is 1. The van der Waals surface area contributed by atoms with E-state index in [4.69, 9.17) is 11.6 Å². The van der Waals surface area contributed by atoms with Crippen LogP contribution in [0.1, 0.15) is 65.1 Å². The maximum absolute atomic E-state index is 13.8. The minimum Gasteiger partial charge on any atom is -0.353 e. The van der Waals surface area contributed by atoms with E-state index in [1.807, 2.05) is 44.1 Å². The van der Waals surface area contributed by atoms with Crippen molar-refractivity contribution in [3.63, 3.8) is 0 Å². The predicted octanol–water partition coefficient (Wildman–Crippen LogP) is 5.34. The van der Waals surface area contributed by atoms with Gasteiger partial charge >= 0.3 is 6.03 Å². The van der Waals surface area contributed by atoms with E-state index >= 15 is 0 Å². The van der Waals surface area contributed by atoms with E-state index in [2.05, 4.69) is 61.9 Å². The van der Waals surface area contributed by atoms with Crippen molar-refractivity contribution in [2.75, 3.05) is 26.2 Å². The Balaban J connectivity index is 1.17. The van der Waals surface area contributed by atoms with Crippen molar-refractivity contribution in [1.29, 1.82) is 0 Å². The first-order valence-electron chi connectivity index (χ1n) is 14.6. The van der Waals surface area contributed by atoms with Gasteiger partial charge in [-0.25, -0.2) is 9.78 Å². The summed E-state index contributed by atoms with van der Waals surface area (Å²) in [6.45, 7) is 9.70. The van der Waals surface area contributed by atoms with Crippen molar-refractivity contribution in [2.45, 2.75) is 64.7 Å². The number of rotatable bonds is 9. The van der Waals surface area contributed by atoms with Crippen LogP contribution in [-0.4, -0.2) is 74.5 Å². The summed E-state index contributed by atoms with van der Waals surface area (Å²) in [6.07, 6.45) is 4.77. The summed E-state index contributed by atoms with van der Waals surface area (Å²) >= 11 is 6.03. The summed E-state index contributed by atoms with van der Waals surface area (Å²) in [5.41, 5.74) is 4.42. The molecule has 0 radical (unpaired) electrons. The fourth-order valence-corrected chi connectivity index (χ4v) is 6.70. The Morgan fingerprint density at radius 3 is 2.51 bits per heavy atom. The number of aryl methyl sites for hydroxylation is 3. The average Bonchev–Trinajstić information content (AvgIpc) is 3.50. The highest BCUT2D eigenvalue weighted by molar-refractivity contribution is 6.29. The number of hydrogen-bond acceptors (Lipinski definition) is 4. The van der Waals surface area contributed by atoms with Crippen LogP contribution < -0.4 is 5.32 Å². The first kappa shape index (κ1) is 29.1. The van der Waals surface area contributed by atoms with Crippen LogP contribution in [0.3, 0.4) is 0 Å². The van der Waals surface area contributed by atoms with Crippen LogP contribution in [0.2, 0.25) is 5.15 Å². The summed E-state index contributed by atoms with van der Waals surface area (Å²) in [4.78, 5) is 37.5. The molecule has 2 saturated heterocycles. The number of piperidine rings is 1. The molecular weight excluding hydrogens is 536 g/mol. The van der Waals surface area contributed by atoms with Crippen LogP contribution in [0.5, 0.6) is 0 Å².